The molecular weight excluding hydrogens is 356 g/mol. The van der Waals surface area contributed by atoms with Crippen molar-refractivity contribution < 1.29 is 4.74 Å². The van der Waals surface area contributed by atoms with Crippen molar-refractivity contribution in [1.82, 2.24) is 30.3 Å². The second kappa shape index (κ2) is 8.22. The van der Waals surface area contributed by atoms with E-state index in [-0.39, 0.29) is 0 Å². The molecule has 3 N–H and O–H groups in total. The minimum absolute atomic E-state index is 0.506. The molecule has 0 amide bonds. The van der Waals surface area contributed by atoms with Gasteiger partial charge in [-0.1, -0.05) is 11.6 Å². The van der Waals surface area contributed by atoms with E-state index in [1.165, 1.54) is 19.3 Å². The van der Waals surface area contributed by atoms with Gasteiger partial charge in [-0.25, -0.2) is 9.67 Å². The summed E-state index contributed by atoms with van der Waals surface area (Å²) in [5.41, 5.74) is 2.52. The van der Waals surface area contributed by atoms with Crippen molar-refractivity contribution in [2.45, 2.75) is 31.8 Å². The van der Waals surface area contributed by atoms with Crippen LogP contribution in [0.1, 0.15) is 25.0 Å². The van der Waals surface area contributed by atoms with Crippen molar-refractivity contribution >= 4 is 17.5 Å². The first kappa shape index (κ1) is 18.2. The van der Waals surface area contributed by atoms with Gasteiger partial charge in [-0.05, 0) is 37.1 Å². The third kappa shape index (κ3) is 4.04. The van der Waals surface area contributed by atoms with Gasteiger partial charge in [0.2, 0.25) is 5.95 Å². The van der Waals surface area contributed by atoms with Gasteiger partial charge in [-0.3, -0.25) is 0 Å². The number of nitrogens with one attached hydrogen (secondary N) is 3. The van der Waals surface area contributed by atoms with E-state index in [4.69, 9.17) is 4.74 Å². The Hall–Kier alpha value is -3.20. The maximum atomic E-state index is 5.50. The molecule has 1 aliphatic carbocycles. The number of ether oxygens (including phenoxy) is 1. The van der Waals surface area contributed by atoms with Crippen molar-refractivity contribution in [3.63, 3.8) is 0 Å². The van der Waals surface area contributed by atoms with Crippen molar-refractivity contribution in [3.8, 4) is 11.4 Å². The quantitative estimate of drug-likeness (QED) is 0.548. The number of anilines is 3. The standard InChI is InChI=1S/C19H24N8O/c1-20-18-8-9-21-19(24-18)23-14-6-7-17(28-2)16(10-14)27-12-15(25-26-27)11-22-13-4-3-5-13/h6-10,12-13,22H,3-5,11H2,1-2H3,(H2,20,21,23,24). The highest BCUT2D eigenvalue weighted by atomic mass is 16.5. The summed E-state index contributed by atoms with van der Waals surface area (Å²) in [7, 11) is 3.46. The lowest BCUT2D eigenvalue weighted by Crippen LogP contribution is -2.34. The van der Waals surface area contributed by atoms with E-state index in [1.807, 2.05) is 31.4 Å². The lowest BCUT2D eigenvalue weighted by molar-refractivity contribution is 0.337. The van der Waals surface area contributed by atoms with Gasteiger partial charge in [0, 0.05) is 31.5 Å². The van der Waals surface area contributed by atoms with E-state index >= 15 is 0 Å². The van der Waals surface area contributed by atoms with Gasteiger partial charge < -0.3 is 20.7 Å². The summed E-state index contributed by atoms with van der Waals surface area (Å²) in [5, 5.41) is 18.3. The van der Waals surface area contributed by atoms with Crippen LogP contribution in [0, 0.1) is 0 Å². The monoisotopic (exact) mass is 380 g/mol. The molecule has 0 bridgehead atoms. The summed E-state index contributed by atoms with van der Waals surface area (Å²) >= 11 is 0. The van der Waals surface area contributed by atoms with Gasteiger partial charge in [0.1, 0.15) is 17.3 Å². The fourth-order valence-electron chi connectivity index (χ4n) is 2.99. The Bertz CT molecular complexity index is 937. The molecule has 1 fully saturated rings. The number of benzene rings is 1. The van der Waals surface area contributed by atoms with Crippen molar-refractivity contribution in [1.29, 1.82) is 0 Å². The minimum atomic E-state index is 0.506. The lowest BCUT2D eigenvalue weighted by atomic mass is 9.93. The van der Waals surface area contributed by atoms with E-state index in [0.717, 1.165) is 29.4 Å². The van der Waals surface area contributed by atoms with E-state index < -0.39 is 0 Å². The minimum Gasteiger partial charge on any atom is -0.494 e. The predicted octanol–water partition coefficient (Wildman–Crippen LogP) is 2.49. The summed E-state index contributed by atoms with van der Waals surface area (Å²) < 4.78 is 7.23. The maximum Gasteiger partial charge on any atom is 0.229 e. The highest BCUT2D eigenvalue weighted by Gasteiger charge is 2.17. The fourth-order valence-corrected chi connectivity index (χ4v) is 2.99. The van der Waals surface area contributed by atoms with Crippen LogP contribution in [0.2, 0.25) is 0 Å². The molecule has 146 valence electrons. The first-order valence-corrected chi connectivity index (χ1v) is 9.36. The normalized spacial score (nSPS) is 13.8. The lowest BCUT2D eigenvalue weighted by Gasteiger charge is -2.25. The Morgan fingerprint density at radius 2 is 2.14 bits per heavy atom. The smallest absolute Gasteiger partial charge is 0.229 e. The molecule has 9 heteroatoms. The molecule has 0 spiro atoms. The Morgan fingerprint density at radius 1 is 1.25 bits per heavy atom. The highest BCUT2D eigenvalue weighted by Crippen LogP contribution is 2.27. The van der Waals surface area contributed by atoms with Crippen LogP contribution < -0.4 is 20.7 Å². The van der Waals surface area contributed by atoms with Crippen LogP contribution in [0.15, 0.2) is 36.7 Å². The number of hydrogen-bond acceptors (Lipinski definition) is 8. The van der Waals surface area contributed by atoms with Crippen LogP contribution in [0.25, 0.3) is 5.69 Å². The average molecular weight is 380 g/mol. The maximum absolute atomic E-state index is 5.50. The second-order valence-corrected chi connectivity index (χ2v) is 6.69. The zero-order valence-corrected chi connectivity index (χ0v) is 16.0. The molecule has 0 saturated heterocycles. The summed E-state index contributed by atoms with van der Waals surface area (Å²) in [6, 6.07) is 8.15. The Labute approximate surface area is 163 Å². The van der Waals surface area contributed by atoms with Gasteiger partial charge in [0.15, 0.2) is 0 Å². The van der Waals surface area contributed by atoms with E-state index in [0.29, 0.717) is 17.7 Å². The van der Waals surface area contributed by atoms with Crippen molar-refractivity contribution in [2.75, 3.05) is 24.8 Å². The number of hydrogen-bond donors (Lipinski definition) is 3. The molecule has 1 saturated carbocycles. The van der Waals surface area contributed by atoms with Crippen LogP contribution in [-0.2, 0) is 6.54 Å². The van der Waals surface area contributed by atoms with Gasteiger partial charge in [-0.2, -0.15) is 4.98 Å². The Kier molecular flexibility index (Phi) is 5.34. The van der Waals surface area contributed by atoms with Crippen LogP contribution in [-0.4, -0.2) is 45.2 Å². The molecular formula is C19H24N8O. The molecule has 2 aromatic heterocycles. The molecule has 0 aliphatic heterocycles. The largest absolute Gasteiger partial charge is 0.494 e. The number of nitrogens with zero attached hydrogens (tertiary/aromatic N) is 5. The van der Waals surface area contributed by atoms with Crippen molar-refractivity contribution in [3.05, 3.63) is 42.4 Å². The molecule has 3 aromatic rings. The third-order valence-corrected chi connectivity index (χ3v) is 4.81. The van der Waals surface area contributed by atoms with E-state index in [2.05, 4.69) is 36.2 Å². The summed E-state index contributed by atoms with van der Waals surface area (Å²) in [5.74, 6) is 1.96. The van der Waals surface area contributed by atoms with Crippen molar-refractivity contribution in [2.24, 2.45) is 0 Å². The first-order valence-electron chi connectivity index (χ1n) is 9.36. The predicted molar refractivity (Wildman–Crippen MR) is 107 cm³/mol. The number of aromatic nitrogens is 5. The molecule has 1 aliphatic rings. The Balaban J connectivity index is 1.54. The zero-order chi connectivity index (χ0) is 19.3. The van der Waals surface area contributed by atoms with E-state index in [9.17, 15) is 0 Å². The topological polar surface area (TPSA) is 102 Å². The molecule has 9 nitrogen and oxygen atoms in total. The first-order chi connectivity index (χ1) is 13.7. The second-order valence-electron chi connectivity index (χ2n) is 6.69. The van der Waals surface area contributed by atoms with Crippen LogP contribution >= 0.6 is 0 Å². The average Bonchev–Trinajstić information content (AvgIpc) is 3.16. The molecule has 0 unspecified atom stereocenters. The molecule has 0 atom stereocenters. The van der Waals surface area contributed by atoms with Gasteiger partial charge in [-0.15, -0.1) is 5.10 Å². The molecule has 0 radical (unpaired) electrons. The van der Waals surface area contributed by atoms with Gasteiger partial charge in [0.25, 0.3) is 0 Å². The number of rotatable bonds is 8. The third-order valence-electron chi connectivity index (χ3n) is 4.81. The Morgan fingerprint density at radius 3 is 2.89 bits per heavy atom. The fraction of sp³-hybridized carbons (Fsp3) is 0.368. The molecule has 1 aromatic carbocycles. The zero-order valence-electron chi connectivity index (χ0n) is 16.0. The molecule has 28 heavy (non-hydrogen) atoms. The summed E-state index contributed by atoms with van der Waals surface area (Å²) in [6.45, 7) is 0.718. The molecule has 2 heterocycles. The van der Waals surface area contributed by atoms with E-state index in [1.54, 1.807) is 24.1 Å². The van der Waals surface area contributed by atoms with Crippen LogP contribution in [0.3, 0.4) is 0 Å². The summed E-state index contributed by atoms with van der Waals surface area (Å²) in [4.78, 5) is 8.63. The summed E-state index contributed by atoms with van der Waals surface area (Å²) in [6.07, 6.45) is 7.41. The SMILES string of the molecule is CNc1ccnc(Nc2ccc(OC)c(-n3cc(CNC4CCC4)nn3)c2)n1. The van der Waals surface area contributed by atoms with Crippen LogP contribution in [0.4, 0.5) is 17.5 Å². The number of methoxy groups -OCH3 is 1. The molecule has 4 rings (SSSR count). The van der Waals surface area contributed by atoms with Crippen LogP contribution in [0.5, 0.6) is 5.75 Å². The van der Waals surface area contributed by atoms with Gasteiger partial charge in [0.05, 0.1) is 19.0 Å². The highest BCUT2D eigenvalue weighted by molar-refractivity contribution is 5.62. The van der Waals surface area contributed by atoms with Gasteiger partial charge >= 0.3 is 0 Å².